The molecule has 0 aliphatic carbocycles. The smallest absolute Gasteiger partial charge is 0.333 e. The topological polar surface area (TPSA) is 38.3 Å². The Hall–Kier alpha value is -2.29. The average Bonchev–Trinajstić information content (AvgIpc) is 2.47. The fourth-order valence-corrected chi connectivity index (χ4v) is 2.04. The van der Waals surface area contributed by atoms with E-state index in [1.54, 1.807) is 0 Å². The first-order chi connectivity index (χ1) is 9.72. The molecule has 20 heavy (non-hydrogen) atoms. The zero-order valence-corrected chi connectivity index (χ0v) is 11.8. The van der Waals surface area contributed by atoms with Crippen molar-refractivity contribution in [1.29, 1.82) is 0 Å². The minimum Gasteiger partial charge on any atom is -0.464 e. The lowest BCUT2D eigenvalue weighted by molar-refractivity contribution is -0.144. The molecule has 3 nitrogen and oxygen atoms in total. The van der Waals surface area contributed by atoms with Crippen LogP contribution in [-0.2, 0) is 9.53 Å². The van der Waals surface area contributed by atoms with Crippen LogP contribution in [0.1, 0.15) is 24.1 Å². The first-order valence-corrected chi connectivity index (χ1v) is 6.76. The number of benzene rings is 2. The second kappa shape index (κ2) is 6.75. The minimum atomic E-state index is -0.489. The van der Waals surface area contributed by atoms with E-state index in [2.05, 4.69) is 5.32 Å². The molecule has 0 aromatic heterocycles. The van der Waals surface area contributed by atoms with Crippen molar-refractivity contribution in [3.05, 3.63) is 65.7 Å². The Morgan fingerprint density at radius 3 is 2.40 bits per heavy atom. The molecule has 1 unspecified atom stereocenters. The molecule has 0 spiro atoms. The van der Waals surface area contributed by atoms with Crippen molar-refractivity contribution < 1.29 is 9.53 Å². The summed E-state index contributed by atoms with van der Waals surface area (Å²) >= 11 is 0. The van der Waals surface area contributed by atoms with E-state index in [-0.39, 0.29) is 5.97 Å². The predicted octanol–water partition coefficient (Wildman–Crippen LogP) is 3.71. The van der Waals surface area contributed by atoms with Crippen molar-refractivity contribution >= 4 is 11.7 Å². The standard InChI is InChI=1S/C17H19NO2/c1-3-20-17(19)16(14-10-5-4-6-11-14)18-15-12-8-7-9-13(15)2/h4-12,16,18H,3H2,1-2H3. The second-order valence-electron chi connectivity index (χ2n) is 4.56. The predicted molar refractivity (Wildman–Crippen MR) is 80.6 cm³/mol. The zero-order valence-electron chi connectivity index (χ0n) is 11.8. The van der Waals surface area contributed by atoms with Crippen molar-refractivity contribution in [3.8, 4) is 0 Å². The van der Waals surface area contributed by atoms with Gasteiger partial charge in [0.2, 0.25) is 0 Å². The molecule has 2 aromatic carbocycles. The van der Waals surface area contributed by atoms with E-state index in [1.165, 1.54) is 0 Å². The molecule has 0 fully saturated rings. The molecule has 2 aromatic rings. The molecule has 0 amide bonds. The number of carbonyl (C=O) groups is 1. The maximum absolute atomic E-state index is 12.2. The van der Waals surface area contributed by atoms with E-state index in [1.807, 2.05) is 68.4 Å². The van der Waals surface area contributed by atoms with Crippen molar-refractivity contribution in [2.24, 2.45) is 0 Å². The van der Waals surface area contributed by atoms with Gasteiger partial charge in [0.05, 0.1) is 6.61 Å². The number of rotatable bonds is 5. The number of ether oxygens (including phenoxy) is 1. The Kier molecular flexibility index (Phi) is 4.77. The summed E-state index contributed by atoms with van der Waals surface area (Å²) in [6.07, 6.45) is 0. The summed E-state index contributed by atoms with van der Waals surface area (Å²) in [4.78, 5) is 12.2. The number of hydrogen-bond acceptors (Lipinski definition) is 3. The van der Waals surface area contributed by atoms with Crippen molar-refractivity contribution in [2.45, 2.75) is 19.9 Å². The molecule has 0 bridgehead atoms. The molecule has 2 rings (SSSR count). The van der Waals surface area contributed by atoms with Gasteiger partial charge in [0, 0.05) is 5.69 Å². The first-order valence-electron chi connectivity index (χ1n) is 6.76. The Morgan fingerprint density at radius 2 is 1.75 bits per heavy atom. The van der Waals surface area contributed by atoms with Gasteiger partial charge >= 0.3 is 5.97 Å². The number of para-hydroxylation sites is 1. The van der Waals surface area contributed by atoms with Crippen LogP contribution >= 0.6 is 0 Å². The summed E-state index contributed by atoms with van der Waals surface area (Å²) < 4.78 is 5.17. The van der Waals surface area contributed by atoms with Gasteiger partial charge in [-0.25, -0.2) is 4.79 Å². The molecule has 3 heteroatoms. The summed E-state index contributed by atoms with van der Waals surface area (Å²) in [5.74, 6) is -0.262. The Morgan fingerprint density at radius 1 is 1.10 bits per heavy atom. The highest BCUT2D eigenvalue weighted by molar-refractivity contribution is 5.81. The molecule has 1 N–H and O–H groups in total. The highest BCUT2D eigenvalue weighted by atomic mass is 16.5. The molecule has 0 saturated carbocycles. The molecule has 0 saturated heterocycles. The van der Waals surface area contributed by atoms with Gasteiger partial charge in [-0.1, -0.05) is 48.5 Å². The number of carbonyl (C=O) groups excluding carboxylic acids is 1. The monoisotopic (exact) mass is 269 g/mol. The van der Waals surface area contributed by atoms with E-state index in [0.717, 1.165) is 16.8 Å². The third kappa shape index (κ3) is 3.38. The molecule has 0 radical (unpaired) electrons. The Labute approximate surface area is 119 Å². The Balaban J connectivity index is 2.28. The van der Waals surface area contributed by atoms with Gasteiger partial charge in [-0.3, -0.25) is 0 Å². The summed E-state index contributed by atoms with van der Waals surface area (Å²) in [5, 5.41) is 3.27. The van der Waals surface area contributed by atoms with Gasteiger partial charge in [0.15, 0.2) is 6.04 Å². The van der Waals surface area contributed by atoms with Gasteiger partial charge in [0.1, 0.15) is 0 Å². The average molecular weight is 269 g/mol. The van der Waals surface area contributed by atoms with Crippen molar-refractivity contribution in [1.82, 2.24) is 0 Å². The summed E-state index contributed by atoms with van der Waals surface area (Å²) in [5.41, 5.74) is 2.93. The normalized spacial score (nSPS) is 11.7. The highest BCUT2D eigenvalue weighted by Crippen LogP contribution is 2.23. The van der Waals surface area contributed by atoms with Gasteiger partial charge in [0.25, 0.3) is 0 Å². The zero-order chi connectivity index (χ0) is 14.4. The number of anilines is 1. The van der Waals surface area contributed by atoms with Crippen molar-refractivity contribution in [2.75, 3.05) is 11.9 Å². The van der Waals surface area contributed by atoms with Gasteiger partial charge in [-0.2, -0.15) is 0 Å². The molecule has 0 aliphatic heterocycles. The molecule has 1 atom stereocenters. The van der Waals surface area contributed by atoms with Gasteiger partial charge in [-0.05, 0) is 31.0 Å². The molecule has 104 valence electrons. The number of nitrogens with one attached hydrogen (secondary N) is 1. The Bertz CT molecular complexity index is 566. The molecule has 0 aliphatic rings. The summed E-state index contributed by atoms with van der Waals surface area (Å²) in [6, 6.07) is 17.0. The lowest BCUT2D eigenvalue weighted by Crippen LogP contribution is -2.23. The molecule has 0 heterocycles. The quantitative estimate of drug-likeness (QED) is 0.841. The van der Waals surface area contributed by atoms with Gasteiger partial charge in [-0.15, -0.1) is 0 Å². The minimum absolute atomic E-state index is 0.262. The number of aryl methyl sites for hydroxylation is 1. The van der Waals surface area contributed by atoms with E-state index in [4.69, 9.17) is 4.74 Å². The maximum atomic E-state index is 12.2. The van der Waals surface area contributed by atoms with Crippen molar-refractivity contribution in [3.63, 3.8) is 0 Å². The van der Waals surface area contributed by atoms with Crippen LogP contribution < -0.4 is 5.32 Å². The van der Waals surface area contributed by atoms with E-state index in [9.17, 15) is 4.79 Å². The lowest BCUT2D eigenvalue weighted by Gasteiger charge is -2.20. The van der Waals surface area contributed by atoms with E-state index in [0.29, 0.717) is 6.61 Å². The lowest BCUT2D eigenvalue weighted by atomic mass is 10.1. The van der Waals surface area contributed by atoms with Crippen LogP contribution in [0.25, 0.3) is 0 Å². The molecular weight excluding hydrogens is 250 g/mol. The van der Waals surface area contributed by atoms with Crippen LogP contribution in [0.4, 0.5) is 5.69 Å². The highest BCUT2D eigenvalue weighted by Gasteiger charge is 2.21. The largest absolute Gasteiger partial charge is 0.464 e. The van der Waals surface area contributed by atoms with Crippen LogP contribution in [0, 0.1) is 6.92 Å². The fraction of sp³-hybridized carbons (Fsp3) is 0.235. The molecular formula is C17H19NO2. The maximum Gasteiger partial charge on any atom is 0.333 e. The van der Waals surface area contributed by atoms with E-state index < -0.39 is 6.04 Å². The SMILES string of the molecule is CCOC(=O)C(Nc1ccccc1C)c1ccccc1. The third-order valence-corrected chi connectivity index (χ3v) is 3.10. The van der Waals surface area contributed by atoms with Gasteiger partial charge < -0.3 is 10.1 Å². The van der Waals surface area contributed by atoms with Crippen LogP contribution in [0.5, 0.6) is 0 Å². The first kappa shape index (κ1) is 14.1. The fourth-order valence-electron chi connectivity index (χ4n) is 2.04. The number of hydrogen-bond donors (Lipinski definition) is 1. The van der Waals surface area contributed by atoms with E-state index >= 15 is 0 Å². The van der Waals surface area contributed by atoms with Crippen LogP contribution in [0.15, 0.2) is 54.6 Å². The number of esters is 1. The van der Waals surface area contributed by atoms with Crippen LogP contribution in [0.2, 0.25) is 0 Å². The summed E-state index contributed by atoms with van der Waals surface area (Å²) in [6.45, 7) is 4.20. The van der Waals surface area contributed by atoms with Crippen LogP contribution in [0.3, 0.4) is 0 Å². The van der Waals surface area contributed by atoms with Crippen LogP contribution in [-0.4, -0.2) is 12.6 Å². The third-order valence-electron chi connectivity index (χ3n) is 3.10. The second-order valence-corrected chi connectivity index (χ2v) is 4.56. The summed E-state index contributed by atoms with van der Waals surface area (Å²) in [7, 11) is 0.